The maximum absolute atomic E-state index is 12.1. The van der Waals surface area contributed by atoms with E-state index in [-0.39, 0.29) is 11.7 Å². The van der Waals surface area contributed by atoms with E-state index in [4.69, 9.17) is 21.1 Å². The number of carboxylic acid groups (broad SMARTS) is 1. The second-order valence-electron chi connectivity index (χ2n) is 5.52. The minimum Gasteiger partial charge on any atom is -0.480 e. The first-order valence-electron chi connectivity index (χ1n) is 7.54. The number of nitrogens with two attached hydrogens (primary N) is 2. The van der Waals surface area contributed by atoms with Crippen LogP contribution in [0.1, 0.15) is 50.5 Å². The van der Waals surface area contributed by atoms with Gasteiger partial charge in [0.1, 0.15) is 12.1 Å². The Bertz CT molecular complexity index is 734. The second-order valence-corrected chi connectivity index (χ2v) is 7.00. The van der Waals surface area contributed by atoms with Crippen molar-refractivity contribution < 1.29 is 32.7 Å². The smallest absolute Gasteiger partial charge is 0.324 e. The summed E-state index contributed by atoms with van der Waals surface area (Å²) in [6, 6.07) is -3.71. The molecule has 148 valence electrons. The summed E-state index contributed by atoms with van der Waals surface area (Å²) in [4.78, 5) is 26.2. The van der Waals surface area contributed by atoms with Crippen LogP contribution in [0.4, 0.5) is 0 Å². The molecule has 1 aromatic rings. The Kier molecular flexibility index (Phi) is 7.58. The number of aliphatic hydroxyl groups excluding tert-OH is 1. The van der Waals surface area contributed by atoms with Crippen LogP contribution in [0.3, 0.4) is 0 Å². The third-order valence-corrected chi connectivity index (χ3v) is 4.42. The van der Waals surface area contributed by atoms with E-state index in [0.717, 1.165) is 6.92 Å². The zero-order chi connectivity index (χ0) is 20.1. The first-order valence-corrected chi connectivity index (χ1v) is 9.03. The molecule has 0 radical (unpaired) electrons. The highest BCUT2D eigenvalue weighted by Gasteiger charge is 2.32. The Morgan fingerprint density at radius 3 is 2.42 bits per heavy atom. The summed E-state index contributed by atoms with van der Waals surface area (Å²) in [6.07, 6.45) is -1.56. The number of nitrogens with one attached hydrogen (secondary N) is 2. The van der Waals surface area contributed by atoms with Crippen molar-refractivity contribution in [3.63, 3.8) is 0 Å². The van der Waals surface area contributed by atoms with Gasteiger partial charge in [-0.15, -0.1) is 0 Å². The number of hydrogen-bond donors (Lipinski definition) is 6. The van der Waals surface area contributed by atoms with E-state index < -0.39 is 52.7 Å². The van der Waals surface area contributed by atoms with Gasteiger partial charge < -0.3 is 26.2 Å². The number of hydrogen-bond acceptors (Lipinski definition) is 9. The summed E-state index contributed by atoms with van der Waals surface area (Å²) in [5.74, 6) is -2.62. The molecule has 0 aliphatic heterocycles. The first-order chi connectivity index (χ1) is 12.0. The van der Waals surface area contributed by atoms with Crippen LogP contribution < -0.4 is 20.9 Å². The average molecular weight is 394 g/mol. The van der Waals surface area contributed by atoms with Gasteiger partial charge in [-0.3, -0.25) is 9.59 Å². The molecule has 4 atom stereocenters. The molecule has 13 nitrogen and oxygen atoms in total. The van der Waals surface area contributed by atoms with Crippen molar-refractivity contribution in [3.8, 4) is 0 Å². The number of carbonyl (C=O) groups excluding carboxylic acids is 1. The number of aromatic nitrogens is 2. The van der Waals surface area contributed by atoms with Gasteiger partial charge in [0.2, 0.25) is 11.8 Å². The molecule has 0 aliphatic rings. The zero-order valence-electron chi connectivity index (χ0n) is 14.1. The predicted molar refractivity (Wildman–Crippen MR) is 86.4 cm³/mol. The Balaban J connectivity index is 3.04. The van der Waals surface area contributed by atoms with Crippen molar-refractivity contribution in [3.05, 3.63) is 11.7 Å². The summed E-state index contributed by atoms with van der Waals surface area (Å²) >= 11 is 0. The lowest BCUT2D eigenvalue weighted by Gasteiger charge is -2.19. The van der Waals surface area contributed by atoms with Crippen molar-refractivity contribution in [1.29, 1.82) is 0 Å². The van der Waals surface area contributed by atoms with Crippen LogP contribution in [0, 0.1) is 0 Å². The van der Waals surface area contributed by atoms with E-state index in [1.165, 1.54) is 0 Å². The number of carbonyl (C=O) groups is 2. The Labute approximate surface area is 149 Å². The maximum atomic E-state index is 12.1. The molecule has 1 rings (SSSR count). The van der Waals surface area contributed by atoms with Crippen molar-refractivity contribution in [1.82, 2.24) is 19.6 Å². The monoisotopic (exact) mass is 394 g/mol. The van der Waals surface area contributed by atoms with Gasteiger partial charge in [-0.05, 0) is 13.3 Å². The SMILES string of the molecule is CC[C@H](N)c1noc([C@H](CC(N)=O)NS(=O)(=O)NC(C(=O)O)C(C)O)n1. The lowest BCUT2D eigenvalue weighted by Crippen LogP contribution is -2.52. The number of primary amides is 1. The normalized spacial score (nSPS) is 16.6. The summed E-state index contributed by atoms with van der Waals surface area (Å²) in [5.41, 5.74) is 10.8. The highest BCUT2D eigenvalue weighted by molar-refractivity contribution is 7.87. The highest BCUT2D eigenvalue weighted by atomic mass is 32.2. The Hall–Kier alpha value is -2.13. The van der Waals surface area contributed by atoms with Crippen LogP contribution in [0.2, 0.25) is 0 Å². The van der Waals surface area contributed by atoms with E-state index in [2.05, 4.69) is 10.1 Å². The standard InChI is InChI=1S/C12H22N6O7S/c1-3-6(13)10-15-11(25-16-10)7(4-8(14)20)17-26(23,24)18-9(5(2)19)12(21)22/h5-7,9,17-19H,3-4,13H2,1-2H3,(H2,14,20)(H,21,22)/t5?,6-,7-,9?/m0/s1. The zero-order valence-corrected chi connectivity index (χ0v) is 14.9. The number of aliphatic hydroxyl groups is 1. The fourth-order valence-corrected chi connectivity index (χ4v) is 3.11. The van der Waals surface area contributed by atoms with Crippen LogP contribution in [0.25, 0.3) is 0 Å². The molecule has 0 aliphatic carbocycles. The first kappa shape index (κ1) is 21.9. The lowest BCUT2D eigenvalue weighted by atomic mass is 10.2. The van der Waals surface area contributed by atoms with Gasteiger partial charge >= 0.3 is 5.97 Å². The van der Waals surface area contributed by atoms with Crippen molar-refractivity contribution in [2.24, 2.45) is 11.5 Å². The molecule has 1 amide bonds. The number of rotatable bonds is 11. The van der Waals surface area contributed by atoms with Gasteiger partial charge in [-0.1, -0.05) is 12.1 Å². The number of carboxylic acids is 1. The molecule has 26 heavy (non-hydrogen) atoms. The average Bonchev–Trinajstić information content (AvgIpc) is 3.00. The molecular formula is C12H22N6O7S. The van der Waals surface area contributed by atoms with E-state index in [0.29, 0.717) is 6.42 Å². The lowest BCUT2D eigenvalue weighted by molar-refractivity contribution is -0.141. The molecule has 1 aromatic heterocycles. The minimum atomic E-state index is -4.49. The van der Waals surface area contributed by atoms with E-state index in [1.807, 2.05) is 4.72 Å². The van der Waals surface area contributed by atoms with Crippen LogP contribution in [-0.4, -0.2) is 52.8 Å². The molecule has 0 spiro atoms. The van der Waals surface area contributed by atoms with Crippen LogP contribution in [0.15, 0.2) is 4.52 Å². The molecule has 2 unspecified atom stereocenters. The quantitative estimate of drug-likeness (QED) is 0.234. The Morgan fingerprint density at radius 2 is 1.96 bits per heavy atom. The van der Waals surface area contributed by atoms with Gasteiger partial charge in [0.05, 0.1) is 18.6 Å². The third-order valence-electron chi connectivity index (χ3n) is 3.26. The van der Waals surface area contributed by atoms with Crippen LogP contribution in [0.5, 0.6) is 0 Å². The third kappa shape index (κ3) is 6.30. The van der Waals surface area contributed by atoms with E-state index in [9.17, 15) is 23.1 Å². The van der Waals surface area contributed by atoms with Crippen molar-refractivity contribution >= 4 is 22.1 Å². The van der Waals surface area contributed by atoms with Gasteiger partial charge in [0.15, 0.2) is 5.82 Å². The summed E-state index contributed by atoms with van der Waals surface area (Å²) in [7, 11) is -4.49. The number of amides is 1. The maximum Gasteiger partial charge on any atom is 0.324 e. The molecule has 0 saturated heterocycles. The molecule has 0 fully saturated rings. The van der Waals surface area contributed by atoms with Gasteiger partial charge in [0.25, 0.3) is 10.2 Å². The second kappa shape index (κ2) is 9.00. The van der Waals surface area contributed by atoms with Crippen molar-refractivity contribution in [2.75, 3.05) is 0 Å². The number of aliphatic carboxylic acids is 1. The molecule has 14 heteroatoms. The minimum absolute atomic E-state index is 0.108. The van der Waals surface area contributed by atoms with Gasteiger partial charge in [0, 0.05) is 0 Å². The summed E-state index contributed by atoms with van der Waals surface area (Å²) in [5, 5.41) is 21.9. The molecule has 0 bridgehead atoms. The molecule has 0 saturated carbocycles. The molecule has 0 aromatic carbocycles. The summed E-state index contributed by atoms with van der Waals surface area (Å²) < 4.78 is 33.0. The topological polar surface area (TPSA) is 224 Å². The number of nitrogens with zero attached hydrogens (tertiary/aromatic N) is 2. The van der Waals surface area contributed by atoms with E-state index >= 15 is 0 Å². The van der Waals surface area contributed by atoms with E-state index in [1.54, 1.807) is 11.6 Å². The molecular weight excluding hydrogens is 372 g/mol. The highest BCUT2D eigenvalue weighted by Crippen LogP contribution is 2.18. The fourth-order valence-electron chi connectivity index (χ4n) is 1.85. The molecule has 8 N–H and O–H groups in total. The Morgan fingerprint density at radius 1 is 1.35 bits per heavy atom. The predicted octanol–water partition coefficient (Wildman–Crippen LogP) is -2.35. The molecule has 1 heterocycles. The van der Waals surface area contributed by atoms with Crippen molar-refractivity contribution in [2.45, 2.75) is 50.9 Å². The van der Waals surface area contributed by atoms with Crippen LogP contribution >= 0.6 is 0 Å². The fraction of sp³-hybridized carbons (Fsp3) is 0.667. The van der Waals surface area contributed by atoms with Gasteiger partial charge in [-0.25, -0.2) is 0 Å². The van der Waals surface area contributed by atoms with Crippen LogP contribution in [-0.2, 0) is 19.8 Å². The summed E-state index contributed by atoms with van der Waals surface area (Å²) in [6.45, 7) is 2.87. The largest absolute Gasteiger partial charge is 0.480 e. The van der Waals surface area contributed by atoms with Gasteiger partial charge in [-0.2, -0.15) is 22.8 Å².